The van der Waals surface area contributed by atoms with Gasteiger partial charge in [0.1, 0.15) is 5.69 Å². The van der Waals surface area contributed by atoms with Gasteiger partial charge < -0.3 is 9.73 Å². The molecule has 8 heteroatoms. The van der Waals surface area contributed by atoms with Gasteiger partial charge in [-0.05, 0) is 50.2 Å². The first-order valence-corrected chi connectivity index (χ1v) is 9.27. The van der Waals surface area contributed by atoms with Crippen molar-refractivity contribution < 1.29 is 9.21 Å². The normalized spacial score (nSPS) is 11.6. The second-order valence-corrected chi connectivity index (χ2v) is 7.08. The number of carbonyl (C=O) groups is 1. The van der Waals surface area contributed by atoms with Gasteiger partial charge in [-0.2, -0.15) is 10.2 Å². The zero-order chi connectivity index (χ0) is 20.0. The number of anilines is 1. The molecule has 0 saturated carbocycles. The van der Waals surface area contributed by atoms with E-state index in [1.165, 1.54) is 0 Å². The summed E-state index contributed by atoms with van der Waals surface area (Å²) in [5, 5.41) is 15.9. The number of H-pyrrole nitrogens is 1. The summed E-state index contributed by atoms with van der Waals surface area (Å²) in [5.74, 6) is 0.355. The number of amides is 1. The Bertz CT molecular complexity index is 1330. The molecule has 0 spiro atoms. The summed E-state index contributed by atoms with van der Waals surface area (Å²) < 4.78 is 7.31. The van der Waals surface area contributed by atoms with E-state index in [1.807, 2.05) is 38.1 Å². The van der Waals surface area contributed by atoms with Gasteiger partial charge in [-0.25, -0.2) is 9.67 Å². The molecule has 4 aromatic heterocycles. The Kier molecular flexibility index (Phi) is 3.90. The van der Waals surface area contributed by atoms with Gasteiger partial charge in [0.25, 0.3) is 5.91 Å². The first kappa shape index (κ1) is 17.2. The second-order valence-electron chi connectivity index (χ2n) is 7.08. The van der Waals surface area contributed by atoms with Gasteiger partial charge >= 0.3 is 0 Å². The number of hydrogen-bond acceptors (Lipinski definition) is 5. The fourth-order valence-electron chi connectivity index (χ4n) is 3.35. The monoisotopic (exact) mass is 386 g/mol. The summed E-state index contributed by atoms with van der Waals surface area (Å²) in [6, 6.07) is 11.0. The number of aromatic amines is 1. The number of aromatic nitrogens is 5. The summed E-state index contributed by atoms with van der Waals surface area (Å²) in [6.07, 6.45) is 4.99. The SMILES string of the molecule is CC(C)n1ncc2c(C(=O)Nc3ccc4[nH]ncc4c3)cc(-c3ccco3)nc21. The van der Waals surface area contributed by atoms with Crippen molar-refractivity contribution in [1.82, 2.24) is 25.0 Å². The van der Waals surface area contributed by atoms with Crippen LogP contribution in [0.3, 0.4) is 0 Å². The van der Waals surface area contributed by atoms with Crippen molar-refractivity contribution in [2.24, 2.45) is 0 Å². The van der Waals surface area contributed by atoms with Gasteiger partial charge in [0.2, 0.25) is 0 Å². The molecule has 2 N–H and O–H groups in total. The fourth-order valence-corrected chi connectivity index (χ4v) is 3.35. The highest BCUT2D eigenvalue weighted by molar-refractivity contribution is 6.13. The lowest BCUT2D eigenvalue weighted by Gasteiger charge is -2.10. The van der Waals surface area contributed by atoms with E-state index in [0.29, 0.717) is 33.7 Å². The zero-order valence-electron chi connectivity index (χ0n) is 15.9. The molecule has 0 aliphatic heterocycles. The quantitative estimate of drug-likeness (QED) is 0.477. The van der Waals surface area contributed by atoms with Crippen LogP contribution in [-0.2, 0) is 0 Å². The van der Waals surface area contributed by atoms with Gasteiger partial charge in [0, 0.05) is 17.1 Å². The summed E-state index contributed by atoms with van der Waals surface area (Å²) >= 11 is 0. The van der Waals surface area contributed by atoms with Crippen LogP contribution < -0.4 is 5.32 Å². The highest BCUT2D eigenvalue weighted by Gasteiger charge is 2.19. The Balaban J connectivity index is 1.61. The zero-order valence-corrected chi connectivity index (χ0v) is 15.9. The topological polar surface area (TPSA) is 102 Å². The Hall–Kier alpha value is -3.94. The third kappa shape index (κ3) is 2.94. The molecule has 144 valence electrons. The predicted molar refractivity (Wildman–Crippen MR) is 110 cm³/mol. The lowest BCUT2D eigenvalue weighted by Crippen LogP contribution is -2.13. The van der Waals surface area contributed by atoms with Crippen LogP contribution in [-0.4, -0.2) is 30.9 Å². The van der Waals surface area contributed by atoms with Crippen LogP contribution in [0, 0.1) is 0 Å². The molecule has 5 rings (SSSR count). The first-order valence-electron chi connectivity index (χ1n) is 9.27. The molecule has 0 unspecified atom stereocenters. The summed E-state index contributed by atoms with van der Waals surface area (Å²) in [5.41, 5.74) is 3.31. The maximum absolute atomic E-state index is 13.2. The summed E-state index contributed by atoms with van der Waals surface area (Å²) in [4.78, 5) is 17.9. The molecule has 0 aliphatic carbocycles. The van der Waals surface area contributed by atoms with Crippen LogP contribution in [0.15, 0.2) is 59.5 Å². The Morgan fingerprint density at radius 3 is 2.90 bits per heavy atom. The van der Waals surface area contributed by atoms with E-state index in [1.54, 1.807) is 35.5 Å². The standard InChI is InChI=1S/C21H18N6O2/c1-12(2)27-20-16(11-23-27)15(9-18(25-20)19-4-3-7-29-19)21(28)24-14-5-6-17-13(8-14)10-22-26-17/h3-12H,1-2H3,(H,22,26)(H,24,28). The van der Waals surface area contributed by atoms with Crippen molar-refractivity contribution in [2.45, 2.75) is 19.9 Å². The highest BCUT2D eigenvalue weighted by Crippen LogP contribution is 2.27. The van der Waals surface area contributed by atoms with E-state index < -0.39 is 0 Å². The van der Waals surface area contributed by atoms with Crippen LogP contribution in [0.1, 0.15) is 30.2 Å². The average molecular weight is 386 g/mol. The van der Waals surface area contributed by atoms with Crippen molar-refractivity contribution in [3.05, 3.63) is 60.6 Å². The predicted octanol–water partition coefficient (Wildman–Crippen LogP) is 4.40. The van der Waals surface area contributed by atoms with Gasteiger partial charge in [0.15, 0.2) is 11.4 Å². The lowest BCUT2D eigenvalue weighted by molar-refractivity contribution is 0.102. The largest absolute Gasteiger partial charge is 0.463 e. The van der Waals surface area contributed by atoms with Crippen LogP contribution in [0.5, 0.6) is 0 Å². The van der Waals surface area contributed by atoms with E-state index in [2.05, 4.69) is 20.6 Å². The number of rotatable bonds is 4. The van der Waals surface area contributed by atoms with Crippen molar-refractivity contribution in [2.75, 3.05) is 5.32 Å². The molecule has 1 aromatic carbocycles. The molecule has 29 heavy (non-hydrogen) atoms. The molecular weight excluding hydrogens is 368 g/mol. The molecule has 4 heterocycles. The number of nitrogens with one attached hydrogen (secondary N) is 2. The van der Waals surface area contributed by atoms with Crippen LogP contribution in [0.25, 0.3) is 33.4 Å². The van der Waals surface area contributed by atoms with E-state index >= 15 is 0 Å². The van der Waals surface area contributed by atoms with Gasteiger partial charge in [-0.3, -0.25) is 9.89 Å². The average Bonchev–Trinajstić information content (AvgIpc) is 3.45. The molecular formula is C21H18N6O2. The molecule has 0 saturated heterocycles. The number of hydrogen-bond donors (Lipinski definition) is 2. The second kappa shape index (κ2) is 6.59. The van der Waals surface area contributed by atoms with Crippen molar-refractivity contribution in [3.8, 4) is 11.5 Å². The van der Waals surface area contributed by atoms with Crippen molar-refractivity contribution in [3.63, 3.8) is 0 Å². The molecule has 0 atom stereocenters. The molecule has 0 radical (unpaired) electrons. The molecule has 1 amide bonds. The van der Waals surface area contributed by atoms with Gasteiger partial charge in [-0.15, -0.1) is 0 Å². The number of fused-ring (bicyclic) bond motifs is 2. The smallest absolute Gasteiger partial charge is 0.256 e. The van der Waals surface area contributed by atoms with Crippen LogP contribution >= 0.6 is 0 Å². The van der Waals surface area contributed by atoms with Crippen LogP contribution in [0.4, 0.5) is 5.69 Å². The van der Waals surface area contributed by atoms with E-state index in [4.69, 9.17) is 9.40 Å². The molecule has 0 fully saturated rings. The highest BCUT2D eigenvalue weighted by atomic mass is 16.3. The molecule has 8 nitrogen and oxygen atoms in total. The maximum Gasteiger partial charge on any atom is 0.256 e. The maximum atomic E-state index is 13.2. The minimum Gasteiger partial charge on any atom is -0.463 e. The van der Waals surface area contributed by atoms with E-state index in [9.17, 15) is 4.79 Å². The number of nitrogens with zero attached hydrogens (tertiary/aromatic N) is 4. The van der Waals surface area contributed by atoms with Gasteiger partial charge in [0.05, 0.1) is 35.1 Å². The third-order valence-electron chi connectivity index (χ3n) is 4.77. The Morgan fingerprint density at radius 2 is 2.10 bits per heavy atom. The summed E-state index contributed by atoms with van der Waals surface area (Å²) in [7, 11) is 0. The third-order valence-corrected chi connectivity index (χ3v) is 4.77. The van der Waals surface area contributed by atoms with Crippen LogP contribution in [0.2, 0.25) is 0 Å². The molecule has 0 aliphatic rings. The number of benzene rings is 1. The molecule has 5 aromatic rings. The number of pyridine rings is 1. The minimum absolute atomic E-state index is 0.103. The summed E-state index contributed by atoms with van der Waals surface area (Å²) in [6.45, 7) is 4.04. The van der Waals surface area contributed by atoms with E-state index in [0.717, 1.165) is 10.9 Å². The Morgan fingerprint density at radius 1 is 1.21 bits per heavy atom. The van der Waals surface area contributed by atoms with Crippen molar-refractivity contribution in [1.29, 1.82) is 0 Å². The molecule has 0 bridgehead atoms. The fraction of sp³-hybridized carbons (Fsp3) is 0.143. The minimum atomic E-state index is -0.239. The van der Waals surface area contributed by atoms with Crippen molar-refractivity contribution >= 4 is 33.5 Å². The van der Waals surface area contributed by atoms with Gasteiger partial charge in [-0.1, -0.05) is 0 Å². The number of carbonyl (C=O) groups excluding carboxylic acids is 1. The Labute approximate surface area is 165 Å². The lowest BCUT2D eigenvalue weighted by atomic mass is 10.1. The van der Waals surface area contributed by atoms with E-state index in [-0.39, 0.29) is 11.9 Å². The number of furan rings is 1. The first-order chi connectivity index (χ1) is 14.1.